The van der Waals surface area contributed by atoms with Gasteiger partial charge >= 0.3 is 5.97 Å². The first kappa shape index (κ1) is 15.7. The first-order valence-electron chi connectivity index (χ1n) is 7.48. The topological polar surface area (TPSA) is 97.6 Å². The van der Waals surface area contributed by atoms with E-state index in [1.165, 1.54) is 12.1 Å². The van der Waals surface area contributed by atoms with Crippen molar-refractivity contribution < 1.29 is 14.5 Å². The molecule has 2 aromatic rings. The molecule has 0 saturated carbocycles. The number of pyridine rings is 1. The van der Waals surface area contributed by atoms with Gasteiger partial charge in [0.15, 0.2) is 5.82 Å². The molecule has 1 unspecified atom stereocenters. The quantitative estimate of drug-likeness (QED) is 0.511. The maximum absolute atomic E-state index is 11.9. The Hall–Kier alpha value is -3.16. The molecule has 8 nitrogen and oxygen atoms in total. The molecule has 8 heteroatoms. The molecule has 1 aromatic carbocycles. The third-order valence-corrected chi connectivity index (χ3v) is 3.71. The highest BCUT2D eigenvalue weighted by molar-refractivity contribution is 5.81. The van der Waals surface area contributed by atoms with E-state index in [2.05, 4.69) is 10.3 Å². The number of esters is 1. The number of rotatable bonds is 5. The summed E-state index contributed by atoms with van der Waals surface area (Å²) in [7, 11) is 0. The Kier molecular flexibility index (Phi) is 4.28. The second-order valence-electron chi connectivity index (χ2n) is 5.20. The monoisotopic (exact) mass is 328 g/mol. The number of aromatic nitrogens is 1. The van der Waals surface area contributed by atoms with Gasteiger partial charge in [-0.2, -0.15) is 0 Å². The molecule has 1 aliphatic heterocycles. The van der Waals surface area contributed by atoms with Crippen molar-refractivity contribution in [3.05, 3.63) is 58.3 Å². The first-order valence-corrected chi connectivity index (χ1v) is 7.48. The van der Waals surface area contributed by atoms with Crippen LogP contribution < -0.4 is 10.2 Å². The molecular formula is C16H16N4O4. The zero-order valence-corrected chi connectivity index (χ0v) is 13.0. The predicted octanol–water partition coefficient (Wildman–Crippen LogP) is 2.48. The van der Waals surface area contributed by atoms with E-state index >= 15 is 0 Å². The molecule has 0 spiro atoms. The molecule has 24 heavy (non-hydrogen) atoms. The summed E-state index contributed by atoms with van der Waals surface area (Å²) in [4.78, 5) is 28.4. The SMILES string of the molecule is CCOC(=O)CN1c2cccnc2NC1c1ccc([N+](=O)[O-])cc1. The van der Waals surface area contributed by atoms with Gasteiger partial charge in [-0.1, -0.05) is 0 Å². The number of nitrogens with zero attached hydrogens (tertiary/aromatic N) is 3. The predicted molar refractivity (Wildman–Crippen MR) is 87.7 cm³/mol. The molecule has 0 saturated heterocycles. The lowest BCUT2D eigenvalue weighted by Crippen LogP contribution is -2.34. The van der Waals surface area contributed by atoms with Crippen LogP contribution in [0.3, 0.4) is 0 Å². The number of nitrogens with one attached hydrogen (secondary N) is 1. The standard InChI is InChI=1S/C16H16N4O4/c1-2-24-14(21)10-19-13-4-3-9-17-15(13)18-16(19)11-5-7-12(8-6-11)20(22)23/h3-9,16H,2,10H2,1H3,(H,17,18). The fraction of sp³-hybridized carbons (Fsp3) is 0.250. The van der Waals surface area contributed by atoms with Crippen molar-refractivity contribution in [2.45, 2.75) is 13.1 Å². The van der Waals surface area contributed by atoms with Crippen LogP contribution in [0, 0.1) is 10.1 Å². The lowest BCUT2D eigenvalue weighted by molar-refractivity contribution is -0.384. The number of hydrogen-bond donors (Lipinski definition) is 1. The second kappa shape index (κ2) is 6.53. The van der Waals surface area contributed by atoms with Crippen LogP contribution in [-0.2, 0) is 9.53 Å². The Morgan fingerprint density at radius 3 is 2.79 bits per heavy atom. The first-order chi connectivity index (χ1) is 11.6. The Balaban J connectivity index is 1.90. The third-order valence-electron chi connectivity index (χ3n) is 3.71. The minimum absolute atomic E-state index is 0.0179. The highest BCUT2D eigenvalue weighted by Gasteiger charge is 2.32. The molecule has 3 rings (SSSR count). The number of anilines is 2. The van der Waals surface area contributed by atoms with Crippen LogP contribution in [0.5, 0.6) is 0 Å². The van der Waals surface area contributed by atoms with E-state index in [0.29, 0.717) is 12.4 Å². The summed E-state index contributed by atoms with van der Waals surface area (Å²) < 4.78 is 5.04. The zero-order chi connectivity index (χ0) is 17.1. The summed E-state index contributed by atoms with van der Waals surface area (Å²) in [5, 5.41) is 14.0. The van der Waals surface area contributed by atoms with Crippen molar-refractivity contribution >= 4 is 23.2 Å². The smallest absolute Gasteiger partial charge is 0.325 e. The number of benzene rings is 1. The lowest BCUT2D eigenvalue weighted by Gasteiger charge is -2.25. The molecule has 0 fully saturated rings. The van der Waals surface area contributed by atoms with E-state index in [-0.39, 0.29) is 24.4 Å². The van der Waals surface area contributed by atoms with Gasteiger partial charge in [-0.25, -0.2) is 4.98 Å². The van der Waals surface area contributed by atoms with Crippen molar-refractivity contribution in [2.24, 2.45) is 0 Å². The number of nitro benzene ring substituents is 1. The van der Waals surface area contributed by atoms with E-state index in [4.69, 9.17) is 4.74 Å². The fourth-order valence-corrected chi connectivity index (χ4v) is 2.65. The van der Waals surface area contributed by atoms with Crippen LogP contribution in [0.15, 0.2) is 42.6 Å². The molecule has 1 aromatic heterocycles. The number of non-ortho nitro benzene ring substituents is 1. The van der Waals surface area contributed by atoms with Crippen molar-refractivity contribution in [2.75, 3.05) is 23.4 Å². The van der Waals surface area contributed by atoms with Gasteiger partial charge in [0.1, 0.15) is 12.7 Å². The zero-order valence-electron chi connectivity index (χ0n) is 13.0. The Bertz CT molecular complexity index is 763. The highest BCUT2D eigenvalue weighted by Crippen LogP contribution is 2.39. The summed E-state index contributed by atoms with van der Waals surface area (Å²) in [6, 6.07) is 9.86. The third kappa shape index (κ3) is 2.98. The van der Waals surface area contributed by atoms with E-state index in [1.54, 1.807) is 31.3 Å². The van der Waals surface area contributed by atoms with E-state index in [9.17, 15) is 14.9 Å². The molecule has 1 aliphatic rings. The Morgan fingerprint density at radius 2 is 2.12 bits per heavy atom. The van der Waals surface area contributed by atoms with Gasteiger partial charge in [-0.15, -0.1) is 0 Å². The molecule has 0 amide bonds. The van der Waals surface area contributed by atoms with Crippen LogP contribution >= 0.6 is 0 Å². The van der Waals surface area contributed by atoms with Crippen molar-refractivity contribution in [1.82, 2.24) is 4.98 Å². The number of carbonyl (C=O) groups is 1. The summed E-state index contributed by atoms with van der Waals surface area (Å²) in [5.74, 6) is 0.313. The van der Waals surface area contributed by atoms with E-state index < -0.39 is 4.92 Å². The number of carbonyl (C=O) groups excluding carboxylic acids is 1. The van der Waals surface area contributed by atoms with Gasteiger partial charge in [0.25, 0.3) is 5.69 Å². The maximum Gasteiger partial charge on any atom is 0.325 e. The molecule has 1 N–H and O–H groups in total. The van der Waals surface area contributed by atoms with Crippen molar-refractivity contribution in [3.8, 4) is 0 Å². The maximum atomic E-state index is 11.9. The number of fused-ring (bicyclic) bond motifs is 1. The van der Waals surface area contributed by atoms with Crippen molar-refractivity contribution in [1.29, 1.82) is 0 Å². The van der Waals surface area contributed by atoms with Crippen LogP contribution in [0.4, 0.5) is 17.2 Å². The fourth-order valence-electron chi connectivity index (χ4n) is 2.65. The number of nitro groups is 1. The molecule has 0 aliphatic carbocycles. The number of ether oxygens (including phenoxy) is 1. The second-order valence-corrected chi connectivity index (χ2v) is 5.20. The molecule has 0 bridgehead atoms. The van der Waals surface area contributed by atoms with Gasteiger partial charge in [0.2, 0.25) is 0 Å². The largest absolute Gasteiger partial charge is 0.465 e. The van der Waals surface area contributed by atoms with E-state index in [1.807, 2.05) is 11.0 Å². The number of hydrogen-bond acceptors (Lipinski definition) is 7. The Labute approximate surface area is 138 Å². The molecule has 124 valence electrons. The minimum Gasteiger partial charge on any atom is -0.465 e. The molecular weight excluding hydrogens is 312 g/mol. The van der Waals surface area contributed by atoms with Crippen LogP contribution in [0.2, 0.25) is 0 Å². The van der Waals surface area contributed by atoms with E-state index in [0.717, 1.165) is 11.3 Å². The molecule has 0 radical (unpaired) electrons. The summed E-state index contributed by atoms with van der Waals surface area (Å²) >= 11 is 0. The average molecular weight is 328 g/mol. The normalized spacial score (nSPS) is 15.5. The lowest BCUT2D eigenvalue weighted by atomic mass is 10.1. The van der Waals surface area contributed by atoms with Crippen LogP contribution in [0.1, 0.15) is 18.7 Å². The van der Waals surface area contributed by atoms with Crippen LogP contribution in [-0.4, -0.2) is 29.0 Å². The summed E-state index contributed by atoms with van der Waals surface area (Å²) in [6.45, 7) is 2.12. The molecule has 1 atom stereocenters. The highest BCUT2D eigenvalue weighted by atomic mass is 16.6. The minimum atomic E-state index is -0.446. The molecule has 2 heterocycles. The van der Waals surface area contributed by atoms with Gasteiger partial charge in [0, 0.05) is 18.3 Å². The van der Waals surface area contributed by atoms with Gasteiger partial charge in [-0.05, 0) is 36.8 Å². The van der Waals surface area contributed by atoms with Gasteiger partial charge in [-0.3, -0.25) is 14.9 Å². The van der Waals surface area contributed by atoms with Gasteiger partial charge in [0.05, 0.1) is 17.2 Å². The van der Waals surface area contributed by atoms with Gasteiger partial charge < -0.3 is 15.0 Å². The van der Waals surface area contributed by atoms with Crippen molar-refractivity contribution in [3.63, 3.8) is 0 Å². The van der Waals surface area contributed by atoms with Crippen LogP contribution in [0.25, 0.3) is 0 Å². The Morgan fingerprint density at radius 1 is 1.38 bits per heavy atom. The summed E-state index contributed by atoms with van der Waals surface area (Å²) in [6.07, 6.45) is 1.31. The average Bonchev–Trinajstić information content (AvgIpc) is 2.94. The summed E-state index contributed by atoms with van der Waals surface area (Å²) in [5.41, 5.74) is 1.60.